The number of carboxylic acid groups (broad SMARTS) is 1. The van der Waals surface area contributed by atoms with Gasteiger partial charge >= 0.3 is 18.3 Å². The summed E-state index contributed by atoms with van der Waals surface area (Å²) in [6.07, 6.45) is -7.03. The number of hydrogen-bond donors (Lipinski definition) is 1. The molecule has 1 fully saturated rings. The summed E-state index contributed by atoms with van der Waals surface area (Å²) in [6.45, 7) is 1.48. The number of carbonyl (C=O) groups is 1. The van der Waals surface area contributed by atoms with Gasteiger partial charge in [-0.3, -0.25) is 0 Å². The van der Waals surface area contributed by atoms with Gasteiger partial charge in [-0.1, -0.05) is 19.1 Å². The quantitative estimate of drug-likeness (QED) is 0.505. The molecule has 1 aliphatic heterocycles. The third-order valence-corrected chi connectivity index (χ3v) is 5.76. The van der Waals surface area contributed by atoms with Gasteiger partial charge in [-0.2, -0.15) is 22.0 Å². The smallest absolute Gasteiger partial charge is 0.416 e. The number of ether oxygens (including phenoxy) is 1. The monoisotopic (exact) mass is 457 g/mol. The highest BCUT2D eigenvalue weighted by atomic mass is 19.4. The Morgan fingerprint density at radius 3 is 2.19 bits per heavy atom. The Morgan fingerprint density at radius 1 is 1.03 bits per heavy atom. The fourth-order valence-electron chi connectivity index (χ4n) is 3.85. The number of anilines is 1. The number of benzene rings is 2. The molecule has 2 aromatic carbocycles. The van der Waals surface area contributed by atoms with Crippen LogP contribution in [0.4, 0.5) is 27.6 Å². The van der Waals surface area contributed by atoms with Crippen molar-refractivity contribution in [3.63, 3.8) is 0 Å². The molecule has 2 aromatic rings. The van der Waals surface area contributed by atoms with Crippen molar-refractivity contribution < 1.29 is 36.6 Å². The van der Waals surface area contributed by atoms with Gasteiger partial charge in [-0.05, 0) is 54.8 Å². The minimum Gasteiger partial charge on any atom is -0.478 e. The average molecular weight is 457 g/mol. The zero-order valence-corrected chi connectivity index (χ0v) is 17.4. The van der Waals surface area contributed by atoms with E-state index < -0.39 is 30.2 Å². The molecular formula is C23H24F5NO3. The summed E-state index contributed by atoms with van der Waals surface area (Å²) in [6, 6.07) is 10.6. The first kappa shape index (κ1) is 24.0. The van der Waals surface area contributed by atoms with Crippen molar-refractivity contribution in [1.29, 1.82) is 0 Å². The Morgan fingerprint density at radius 2 is 1.66 bits per heavy atom. The van der Waals surface area contributed by atoms with Crippen LogP contribution in [0.5, 0.6) is 0 Å². The Hall–Kier alpha value is -2.68. The third kappa shape index (κ3) is 5.76. The van der Waals surface area contributed by atoms with Crippen LogP contribution in [-0.4, -0.2) is 36.4 Å². The molecule has 0 amide bonds. The molecule has 0 radical (unpaired) electrons. The van der Waals surface area contributed by atoms with Gasteiger partial charge in [0.15, 0.2) is 0 Å². The highest BCUT2D eigenvalue weighted by molar-refractivity contribution is 5.88. The maximum absolute atomic E-state index is 13.7. The molecule has 9 heteroatoms. The van der Waals surface area contributed by atoms with E-state index in [1.54, 1.807) is 12.1 Å². The minimum absolute atomic E-state index is 0.0929. The van der Waals surface area contributed by atoms with Crippen LogP contribution in [0.3, 0.4) is 0 Å². The molecule has 0 aromatic heterocycles. The topological polar surface area (TPSA) is 49.8 Å². The van der Waals surface area contributed by atoms with Crippen LogP contribution in [0.25, 0.3) is 0 Å². The maximum Gasteiger partial charge on any atom is 0.416 e. The molecule has 0 unspecified atom stereocenters. The molecule has 1 N–H and O–H groups in total. The standard InChI is InChI=1S/C23H24F5NO3/c1-2-22(24,25)32-14-20-12-7-17(15-3-8-18(9-4-15)23(26,27)28)13-29(20)19-10-5-16(6-11-19)21(30)31/h3-6,8-11,17,20H,2,7,12-14H2,1H3,(H,30,31)/t17-,20-/m0/s1. The van der Waals surface area contributed by atoms with E-state index in [0.717, 1.165) is 17.7 Å². The second kappa shape index (κ2) is 9.44. The zero-order valence-electron chi connectivity index (χ0n) is 17.4. The van der Waals surface area contributed by atoms with Gasteiger partial charge in [-0.15, -0.1) is 0 Å². The van der Waals surface area contributed by atoms with Gasteiger partial charge in [0.2, 0.25) is 0 Å². The van der Waals surface area contributed by atoms with Crippen molar-refractivity contribution in [2.24, 2.45) is 0 Å². The second-order valence-electron chi connectivity index (χ2n) is 7.85. The highest BCUT2D eigenvalue weighted by Gasteiger charge is 2.35. The molecule has 1 aliphatic rings. The van der Waals surface area contributed by atoms with Crippen LogP contribution in [-0.2, 0) is 10.9 Å². The summed E-state index contributed by atoms with van der Waals surface area (Å²) >= 11 is 0. The molecule has 0 spiro atoms. The van der Waals surface area contributed by atoms with E-state index in [4.69, 9.17) is 9.84 Å². The average Bonchev–Trinajstić information content (AvgIpc) is 2.77. The number of hydrogen-bond acceptors (Lipinski definition) is 3. The second-order valence-corrected chi connectivity index (χ2v) is 7.85. The van der Waals surface area contributed by atoms with Gasteiger partial charge in [0.1, 0.15) is 0 Å². The summed E-state index contributed by atoms with van der Waals surface area (Å²) in [5, 5.41) is 9.11. The Balaban J connectivity index is 1.83. The minimum atomic E-state index is -4.42. The number of rotatable bonds is 7. The van der Waals surface area contributed by atoms with Gasteiger partial charge in [0.05, 0.1) is 23.8 Å². The molecule has 3 rings (SSSR count). The van der Waals surface area contributed by atoms with Crippen LogP contribution >= 0.6 is 0 Å². The molecule has 174 valence electrons. The van der Waals surface area contributed by atoms with Gasteiger partial charge in [-0.25, -0.2) is 4.79 Å². The lowest BCUT2D eigenvalue weighted by Gasteiger charge is -2.42. The molecule has 4 nitrogen and oxygen atoms in total. The molecule has 2 atom stereocenters. The lowest BCUT2D eigenvalue weighted by atomic mass is 9.86. The van der Waals surface area contributed by atoms with Crippen molar-refractivity contribution in [2.45, 2.75) is 50.4 Å². The van der Waals surface area contributed by atoms with E-state index in [1.807, 2.05) is 4.90 Å². The molecular weight excluding hydrogens is 433 g/mol. The predicted octanol–water partition coefficient (Wildman–Crippen LogP) is 6.18. The van der Waals surface area contributed by atoms with Crippen molar-refractivity contribution in [1.82, 2.24) is 0 Å². The van der Waals surface area contributed by atoms with Crippen LogP contribution in [0, 0.1) is 0 Å². The molecule has 0 aliphatic carbocycles. The van der Waals surface area contributed by atoms with Crippen LogP contribution in [0.15, 0.2) is 48.5 Å². The first-order valence-electron chi connectivity index (χ1n) is 10.3. The Bertz CT molecular complexity index is 913. The number of alkyl halides is 5. The van der Waals surface area contributed by atoms with E-state index >= 15 is 0 Å². The van der Waals surface area contributed by atoms with Crippen molar-refractivity contribution in [3.05, 3.63) is 65.2 Å². The zero-order chi connectivity index (χ0) is 23.5. The molecule has 0 saturated carbocycles. The number of piperidine rings is 1. The Kier molecular flexibility index (Phi) is 7.07. The van der Waals surface area contributed by atoms with Gasteiger partial charge in [0, 0.05) is 24.6 Å². The van der Waals surface area contributed by atoms with Crippen LogP contribution in [0.1, 0.15) is 53.6 Å². The summed E-state index contributed by atoms with van der Waals surface area (Å²) in [7, 11) is 0. The summed E-state index contributed by atoms with van der Waals surface area (Å²) < 4.78 is 70.8. The van der Waals surface area contributed by atoms with Crippen molar-refractivity contribution in [2.75, 3.05) is 18.1 Å². The SMILES string of the molecule is CCC(F)(F)OC[C@@H]1CC[C@H](c2ccc(C(F)(F)F)cc2)CN1c1ccc(C(=O)O)cc1. The Labute approximate surface area is 182 Å². The molecule has 32 heavy (non-hydrogen) atoms. The van der Waals surface area contributed by atoms with Crippen LogP contribution < -0.4 is 4.90 Å². The summed E-state index contributed by atoms with van der Waals surface area (Å²) in [4.78, 5) is 13.0. The number of carboxylic acids is 1. The maximum atomic E-state index is 13.7. The number of nitrogens with zero attached hydrogens (tertiary/aromatic N) is 1. The number of aromatic carboxylic acids is 1. The first-order valence-corrected chi connectivity index (χ1v) is 10.3. The van der Waals surface area contributed by atoms with E-state index in [1.165, 1.54) is 31.2 Å². The lowest BCUT2D eigenvalue weighted by molar-refractivity contribution is -0.241. The normalized spacial score (nSPS) is 19.8. The molecule has 0 bridgehead atoms. The number of halogens is 5. The molecule has 1 heterocycles. The first-order chi connectivity index (χ1) is 15.0. The fraction of sp³-hybridized carbons (Fsp3) is 0.435. The third-order valence-electron chi connectivity index (χ3n) is 5.76. The largest absolute Gasteiger partial charge is 0.478 e. The van der Waals surface area contributed by atoms with Gasteiger partial charge in [0.25, 0.3) is 0 Å². The highest BCUT2D eigenvalue weighted by Crippen LogP contribution is 2.36. The predicted molar refractivity (Wildman–Crippen MR) is 109 cm³/mol. The van der Waals surface area contributed by atoms with Crippen molar-refractivity contribution >= 4 is 11.7 Å². The van der Waals surface area contributed by atoms with E-state index in [2.05, 4.69) is 0 Å². The summed E-state index contributed by atoms with van der Waals surface area (Å²) in [5.74, 6) is -1.19. The lowest BCUT2D eigenvalue weighted by Crippen LogP contribution is -2.46. The fourth-order valence-corrected chi connectivity index (χ4v) is 3.85. The van der Waals surface area contributed by atoms with E-state index in [-0.39, 0.29) is 24.1 Å². The van der Waals surface area contributed by atoms with E-state index in [9.17, 15) is 26.7 Å². The van der Waals surface area contributed by atoms with Crippen LogP contribution in [0.2, 0.25) is 0 Å². The van der Waals surface area contributed by atoms with Gasteiger partial charge < -0.3 is 14.7 Å². The van der Waals surface area contributed by atoms with Crippen molar-refractivity contribution in [3.8, 4) is 0 Å². The molecule has 1 saturated heterocycles. The van der Waals surface area contributed by atoms with E-state index in [0.29, 0.717) is 25.1 Å². The summed E-state index contributed by atoms with van der Waals surface area (Å²) in [5.41, 5.74) is 0.727.